The summed E-state index contributed by atoms with van der Waals surface area (Å²) in [6, 6.07) is 1.81. The Balaban J connectivity index is 3.45. The molecule has 22 heavy (non-hydrogen) atoms. The highest BCUT2D eigenvalue weighted by Crippen LogP contribution is 2.26. The number of unbranched alkanes of at least 4 members (excludes halogenated alkanes) is 3. The zero-order chi connectivity index (χ0) is 16.9. The molecule has 3 N–H and O–H groups in total. The van der Waals surface area contributed by atoms with Crippen LogP contribution in [0.3, 0.4) is 0 Å². The Morgan fingerprint density at radius 2 is 1.68 bits per heavy atom. The van der Waals surface area contributed by atoms with Crippen molar-refractivity contribution in [3.8, 4) is 0 Å². The molecule has 0 aliphatic carbocycles. The molecule has 0 aliphatic heterocycles. The maximum Gasteiger partial charge on any atom is 0.336 e. The molecule has 122 valence electrons. The van der Waals surface area contributed by atoms with Gasteiger partial charge in [0, 0.05) is 0 Å². The molecule has 0 unspecified atom stereocenters. The van der Waals surface area contributed by atoms with Crippen LogP contribution in [0.1, 0.15) is 58.9 Å². The molecule has 8 heteroatoms. The van der Waals surface area contributed by atoms with Gasteiger partial charge in [-0.05, 0) is 30.5 Å². The Hall–Kier alpha value is -1.93. The lowest BCUT2D eigenvalue weighted by Gasteiger charge is -2.13. The number of carboxylic acids is 2. The fourth-order valence-corrected chi connectivity index (χ4v) is 3.03. The molecule has 0 bridgehead atoms. The Morgan fingerprint density at radius 1 is 1.05 bits per heavy atom. The van der Waals surface area contributed by atoms with Crippen LogP contribution in [0.2, 0.25) is 0 Å². The van der Waals surface area contributed by atoms with E-state index in [4.69, 9.17) is 5.11 Å². The molecular formula is C14H18O7S. The van der Waals surface area contributed by atoms with Gasteiger partial charge in [-0.25, -0.2) is 9.59 Å². The summed E-state index contributed by atoms with van der Waals surface area (Å²) in [5.41, 5.74) is -1.24. The van der Waals surface area contributed by atoms with E-state index in [1.54, 1.807) is 0 Å². The molecule has 0 atom stereocenters. The molecule has 0 aliphatic rings. The molecule has 0 saturated heterocycles. The summed E-state index contributed by atoms with van der Waals surface area (Å²) in [5.74, 6) is -3.00. The maximum atomic E-state index is 11.4. The quantitative estimate of drug-likeness (QED) is 0.493. The lowest BCUT2D eigenvalue weighted by Crippen LogP contribution is -2.15. The van der Waals surface area contributed by atoms with Crippen LogP contribution in [0.4, 0.5) is 0 Å². The number of carbonyl (C=O) groups is 2. The molecule has 0 fully saturated rings. The highest BCUT2D eigenvalue weighted by Gasteiger charge is 2.26. The van der Waals surface area contributed by atoms with Crippen molar-refractivity contribution >= 4 is 22.1 Å². The molecular weight excluding hydrogens is 312 g/mol. The minimum Gasteiger partial charge on any atom is -0.478 e. The van der Waals surface area contributed by atoms with Gasteiger partial charge in [-0.15, -0.1) is 0 Å². The number of carboxylic acid groups (broad SMARTS) is 2. The Bertz CT molecular complexity index is 677. The minimum atomic E-state index is -4.63. The van der Waals surface area contributed by atoms with Crippen molar-refractivity contribution in [2.24, 2.45) is 0 Å². The summed E-state index contributed by atoms with van der Waals surface area (Å²) in [5, 5.41) is 18.3. The zero-order valence-corrected chi connectivity index (χ0v) is 12.9. The maximum absolute atomic E-state index is 11.4. The molecule has 7 nitrogen and oxygen atoms in total. The van der Waals surface area contributed by atoms with Gasteiger partial charge < -0.3 is 10.2 Å². The second-order valence-electron chi connectivity index (χ2n) is 4.86. The third kappa shape index (κ3) is 4.28. The van der Waals surface area contributed by atoms with E-state index in [1.807, 2.05) is 6.92 Å². The molecule has 0 radical (unpaired) electrons. The summed E-state index contributed by atoms with van der Waals surface area (Å²) in [4.78, 5) is 22.0. The Kier molecular flexibility index (Phi) is 6.07. The topological polar surface area (TPSA) is 129 Å². The van der Waals surface area contributed by atoms with Crippen molar-refractivity contribution in [1.29, 1.82) is 0 Å². The Morgan fingerprint density at radius 3 is 2.14 bits per heavy atom. The van der Waals surface area contributed by atoms with Gasteiger partial charge >= 0.3 is 11.9 Å². The van der Waals surface area contributed by atoms with E-state index >= 15 is 0 Å². The minimum absolute atomic E-state index is 0.0673. The first-order valence-electron chi connectivity index (χ1n) is 6.80. The third-order valence-electron chi connectivity index (χ3n) is 3.27. The average Bonchev–Trinajstić information content (AvgIpc) is 2.41. The van der Waals surface area contributed by atoms with Gasteiger partial charge in [0.1, 0.15) is 0 Å². The third-order valence-corrected chi connectivity index (χ3v) is 4.21. The fraction of sp³-hybridized carbons (Fsp3) is 0.429. The van der Waals surface area contributed by atoms with Crippen molar-refractivity contribution in [2.75, 3.05) is 0 Å². The van der Waals surface area contributed by atoms with Crippen molar-refractivity contribution in [1.82, 2.24) is 0 Å². The van der Waals surface area contributed by atoms with Crippen LogP contribution in [-0.4, -0.2) is 35.1 Å². The lowest BCUT2D eigenvalue weighted by molar-refractivity contribution is 0.0650. The predicted octanol–water partition coefficient (Wildman–Crippen LogP) is 2.45. The Labute approximate surface area is 128 Å². The SMILES string of the molecule is CCCCCCc1c(S(=O)(=O)O)ccc(C(=O)O)c1C(=O)O. The summed E-state index contributed by atoms with van der Waals surface area (Å²) in [6.07, 6.45) is 3.14. The summed E-state index contributed by atoms with van der Waals surface area (Å²) >= 11 is 0. The molecule has 0 spiro atoms. The van der Waals surface area contributed by atoms with Gasteiger partial charge in [-0.1, -0.05) is 26.2 Å². The second kappa shape index (κ2) is 7.37. The number of rotatable bonds is 8. The molecule has 1 aromatic carbocycles. The van der Waals surface area contributed by atoms with E-state index < -0.39 is 38.1 Å². The number of benzene rings is 1. The van der Waals surface area contributed by atoms with Gasteiger partial charge in [0.25, 0.3) is 10.1 Å². The van der Waals surface area contributed by atoms with E-state index in [0.717, 1.165) is 31.4 Å². The van der Waals surface area contributed by atoms with E-state index in [2.05, 4.69) is 0 Å². The van der Waals surface area contributed by atoms with Gasteiger partial charge in [0.05, 0.1) is 16.0 Å². The van der Waals surface area contributed by atoms with Crippen LogP contribution in [0.5, 0.6) is 0 Å². The lowest BCUT2D eigenvalue weighted by atomic mass is 9.96. The van der Waals surface area contributed by atoms with Crippen molar-refractivity contribution < 1.29 is 32.8 Å². The fourth-order valence-electron chi connectivity index (χ4n) is 2.27. The van der Waals surface area contributed by atoms with Crippen molar-refractivity contribution in [2.45, 2.75) is 43.9 Å². The van der Waals surface area contributed by atoms with E-state index in [9.17, 15) is 27.7 Å². The van der Waals surface area contributed by atoms with Gasteiger partial charge in [0.15, 0.2) is 0 Å². The molecule has 1 aromatic rings. The van der Waals surface area contributed by atoms with Gasteiger partial charge in [-0.2, -0.15) is 8.42 Å². The number of hydrogen-bond donors (Lipinski definition) is 3. The number of aromatic carboxylic acids is 2. The zero-order valence-electron chi connectivity index (χ0n) is 12.1. The van der Waals surface area contributed by atoms with Crippen LogP contribution in [-0.2, 0) is 16.5 Å². The van der Waals surface area contributed by atoms with Crippen molar-refractivity contribution in [3.05, 3.63) is 28.8 Å². The smallest absolute Gasteiger partial charge is 0.336 e. The molecule has 0 heterocycles. The monoisotopic (exact) mass is 330 g/mol. The molecule has 0 aromatic heterocycles. The summed E-state index contributed by atoms with van der Waals surface area (Å²) < 4.78 is 32.1. The van der Waals surface area contributed by atoms with Crippen LogP contribution >= 0.6 is 0 Å². The van der Waals surface area contributed by atoms with Crippen LogP contribution in [0.15, 0.2) is 17.0 Å². The standard InChI is InChI=1S/C14H18O7S/c1-2-3-4-5-6-9-11(22(19,20)21)8-7-10(13(15)16)12(9)14(17)18/h7-8H,2-6H2,1H3,(H,15,16)(H,17,18)(H,19,20,21). The molecule has 0 amide bonds. The normalized spacial score (nSPS) is 11.4. The van der Waals surface area contributed by atoms with Crippen LogP contribution in [0.25, 0.3) is 0 Å². The first-order chi connectivity index (χ1) is 10.2. The number of hydrogen-bond acceptors (Lipinski definition) is 4. The van der Waals surface area contributed by atoms with E-state index in [1.165, 1.54) is 0 Å². The van der Waals surface area contributed by atoms with E-state index in [-0.39, 0.29) is 12.0 Å². The first-order valence-corrected chi connectivity index (χ1v) is 8.24. The largest absolute Gasteiger partial charge is 0.478 e. The summed E-state index contributed by atoms with van der Waals surface area (Å²) in [6.45, 7) is 1.98. The first kappa shape index (κ1) is 18.1. The second-order valence-corrected chi connectivity index (χ2v) is 6.25. The molecule has 0 saturated carbocycles. The van der Waals surface area contributed by atoms with Gasteiger partial charge in [0.2, 0.25) is 0 Å². The van der Waals surface area contributed by atoms with Crippen LogP contribution < -0.4 is 0 Å². The molecule has 1 rings (SSSR count). The highest BCUT2D eigenvalue weighted by molar-refractivity contribution is 7.85. The highest BCUT2D eigenvalue weighted by atomic mass is 32.2. The van der Waals surface area contributed by atoms with Crippen molar-refractivity contribution in [3.63, 3.8) is 0 Å². The average molecular weight is 330 g/mol. The summed E-state index contributed by atoms with van der Waals surface area (Å²) in [7, 11) is -4.63. The van der Waals surface area contributed by atoms with E-state index in [0.29, 0.717) is 6.42 Å². The van der Waals surface area contributed by atoms with Gasteiger partial charge in [-0.3, -0.25) is 4.55 Å². The predicted molar refractivity (Wildman–Crippen MR) is 78.0 cm³/mol. The van der Waals surface area contributed by atoms with Crippen LogP contribution in [0, 0.1) is 0 Å².